The fourth-order valence-electron chi connectivity index (χ4n) is 5.87. The summed E-state index contributed by atoms with van der Waals surface area (Å²) >= 11 is 1.15. The second-order valence-electron chi connectivity index (χ2n) is 13.1. The van der Waals surface area contributed by atoms with Crippen LogP contribution in [0.5, 0.6) is 0 Å². The molecule has 0 radical (unpaired) electrons. The number of fused-ring (bicyclic) bond motifs is 1. The minimum Gasteiger partial charge on any atom is -0.479 e. The van der Waals surface area contributed by atoms with Crippen molar-refractivity contribution in [1.29, 1.82) is 0 Å². The number of nitrogens with zero attached hydrogens (tertiary/aromatic N) is 3. The Morgan fingerprint density at radius 1 is 0.780 bits per heavy atom. The number of carbonyl (C=O) groups is 3. The van der Waals surface area contributed by atoms with Crippen LogP contribution < -0.4 is 5.43 Å². The molecule has 314 valence electrons. The first-order valence-electron chi connectivity index (χ1n) is 18.2. The molecule has 17 heteroatoms. The maximum absolute atomic E-state index is 14.5. The van der Waals surface area contributed by atoms with E-state index >= 15 is 0 Å². The van der Waals surface area contributed by atoms with Gasteiger partial charge in [-0.05, 0) is 60.1 Å². The molecule has 0 fully saturated rings. The largest absolute Gasteiger partial charge is 0.479 e. The van der Waals surface area contributed by atoms with Gasteiger partial charge in [0.15, 0.2) is 29.3 Å². The molecule has 0 aliphatic rings. The number of likely N-dealkylation sites (N-methyl/N-ethyl adjacent to an activating group) is 1. The number of carboxylic acid groups (broad SMARTS) is 2. The standard InChI is InChI=1S/C38H36F5N3O2S.C4H6O6/c1-3-44(4-2)20-21-45(23-26-12-14-27(15-13-26)28-16-18-30(19-17-28)38(41,42)43)35(48)24-46-33-11-6-5-9-31(33)34(47)22-36(46)49-25-29-8-7-10-32(39)37(29)40;5-1(3(7)8)2(6)4(9)10/h5-19,22H,3-4,20-21,23-25H2,1-2H3;1-2,5-6H,(H,7,8)(H,9,10). The van der Waals surface area contributed by atoms with E-state index in [1.807, 2.05) is 38.1 Å². The van der Waals surface area contributed by atoms with Crippen LogP contribution in [0.1, 0.15) is 30.5 Å². The van der Waals surface area contributed by atoms with E-state index in [2.05, 4.69) is 4.90 Å². The van der Waals surface area contributed by atoms with E-state index in [0.29, 0.717) is 34.6 Å². The van der Waals surface area contributed by atoms with E-state index in [0.717, 1.165) is 54.2 Å². The zero-order chi connectivity index (χ0) is 43.4. The maximum atomic E-state index is 14.5. The number of benzene rings is 4. The number of aromatic nitrogens is 1. The summed E-state index contributed by atoms with van der Waals surface area (Å²) in [6.07, 6.45) is -8.95. The third-order valence-corrected chi connectivity index (χ3v) is 10.4. The Morgan fingerprint density at radius 2 is 1.36 bits per heavy atom. The summed E-state index contributed by atoms with van der Waals surface area (Å²) in [4.78, 5) is 50.7. The van der Waals surface area contributed by atoms with Crippen LogP contribution in [-0.4, -0.2) is 91.0 Å². The average Bonchev–Trinajstić information content (AvgIpc) is 3.22. The van der Waals surface area contributed by atoms with E-state index in [9.17, 15) is 41.1 Å². The number of pyridine rings is 1. The number of amides is 1. The van der Waals surface area contributed by atoms with Gasteiger partial charge in [-0.3, -0.25) is 9.59 Å². The van der Waals surface area contributed by atoms with Gasteiger partial charge in [-0.15, -0.1) is 11.8 Å². The molecular weight excluding hydrogens is 802 g/mol. The first-order valence-corrected chi connectivity index (χ1v) is 19.2. The molecule has 4 N–H and O–H groups in total. The number of rotatable bonds is 16. The normalized spacial score (nSPS) is 12.4. The van der Waals surface area contributed by atoms with Crippen molar-refractivity contribution >= 4 is 40.5 Å². The minimum atomic E-state index is -4.41. The number of hydrogen-bond acceptors (Lipinski definition) is 8. The molecule has 2 atom stereocenters. The van der Waals surface area contributed by atoms with Crippen molar-refractivity contribution in [2.45, 2.75) is 56.1 Å². The lowest BCUT2D eigenvalue weighted by Crippen LogP contribution is -2.40. The summed E-state index contributed by atoms with van der Waals surface area (Å²) in [6, 6.07) is 24.7. The second-order valence-corrected chi connectivity index (χ2v) is 14.1. The quantitative estimate of drug-likeness (QED) is 0.0638. The van der Waals surface area contributed by atoms with Gasteiger partial charge in [0.25, 0.3) is 0 Å². The van der Waals surface area contributed by atoms with Crippen molar-refractivity contribution in [1.82, 2.24) is 14.4 Å². The highest BCUT2D eigenvalue weighted by atomic mass is 32.2. The Morgan fingerprint density at radius 3 is 1.92 bits per heavy atom. The molecule has 4 aromatic carbocycles. The molecule has 5 aromatic rings. The number of alkyl halides is 3. The molecule has 0 saturated carbocycles. The highest BCUT2D eigenvalue weighted by Gasteiger charge is 2.30. The molecular formula is C42H42F5N3O8S. The van der Waals surface area contributed by atoms with Gasteiger partial charge in [0.2, 0.25) is 5.91 Å². The first kappa shape index (κ1) is 46.1. The maximum Gasteiger partial charge on any atom is 0.416 e. The molecule has 0 saturated heterocycles. The van der Waals surface area contributed by atoms with Gasteiger partial charge in [-0.2, -0.15) is 13.2 Å². The minimum absolute atomic E-state index is 0.0481. The Balaban J connectivity index is 0.000000680. The highest BCUT2D eigenvalue weighted by Crippen LogP contribution is 2.31. The van der Waals surface area contributed by atoms with Gasteiger partial charge in [0.05, 0.1) is 16.1 Å². The van der Waals surface area contributed by atoms with E-state index in [-0.39, 0.29) is 35.7 Å². The molecule has 11 nitrogen and oxygen atoms in total. The molecule has 1 heterocycles. The van der Waals surface area contributed by atoms with E-state index in [1.165, 1.54) is 30.3 Å². The molecule has 0 aliphatic carbocycles. The van der Waals surface area contributed by atoms with Crippen molar-refractivity contribution in [2.75, 3.05) is 26.2 Å². The summed E-state index contributed by atoms with van der Waals surface area (Å²) in [6.45, 7) is 6.95. The molecule has 59 heavy (non-hydrogen) atoms. The summed E-state index contributed by atoms with van der Waals surface area (Å²) < 4.78 is 69.2. The number of halogens is 5. The number of thioether (sulfide) groups is 1. The van der Waals surface area contributed by atoms with Crippen molar-refractivity contribution < 1.29 is 56.8 Å². The number of aliphatic carboxylic acids is 2. The number of para-hydroxylation sites is 1. The first-order chi connectivity index (χ1) is 27.9. The van der Waals surface area contributed by atoms with Crippen LogP contribution in [0.3, 0.4) is 0 Å². The summed E-state index contributed by atoms with van der Waals surface area (Å²) in [5, 5.41) is 33.4. The van der Waals surface area contributed by atoms with E-state index in [1.54, 1.807) is 33.7 Å². The lowest BCUT2D eigenvalue weighted by atomic mass is 10.0. The predicted molar refractivity (Wildman–Crippen MR) is 211 cm³/mol. The molecule has 0 aliphatic heterocycles. The topological polar surface area (TPSA) is 161 Å². The smallest absolute Gasteiger partial charge is 0.416 e. The van der Waals surface area contributed by atoms with Crippen LogP contribution in [-0.2, 0) is 39.4 Å². The summed E-state index contributed by atoms with van der Waals surface area (Å²) in [7, 11) is 0. The second kappa shape index (κ2) is 20.9. The SMILES string of the molecule is CCN(CC)CCN(Cc1ccc(-c2ccc(C(F)(F)F)cc2)cc1)C(=O)Cn1c(SCc2cccc(F)c2F)cc(=O)c2ccccc21.O=C(O)C(O)C(O)C(=O)O. The van der Waals surface area contributed by atoms with Crippen LogP contribution in [0.4, 0.5) is 22.0 Å². The van der Waals surface area contributed by atoms with Crippen LogP contribution in [0, 0.1) is 11.6 Å². The number of aliphatic hydroxyl groups excluding tert-OH is 2. The molecule has 1 amide bonds. The number of hydrogen-bond donors (Lipinski definition) is 4. The summed E-state index contributed by atoms with van der Waals surface area (Å²) in [5.41, 5.74) is 1.96. The molecule has 0 spiro atoms. The van der Waals surface area contributed by atoms with Gasteiger partial charge < -0.3 is 34.8 Å². The van der Waals surface area contributed by atoms with Gasteiger partial charge >= 0.3 is 18.1 Å². The van der Waals surface area contributed by atoms with Crippen LogP contribution in [0.15, 0.2) is 107 Å². The highest BCUT2D eigenvalue weighted by molar-refractivity contribution is 7.98. The average molecular weight is 844 g/mol. The monoisotopic (exact) mass is 843 g/mol. The molecule has 1 aromatic heterocycles. The number of carbonyl (C=O) groups excluding carboxylic acids is 1. The Kier molecular flexibility index (Phi) is 16.3. The van der Waals surface area contributed by atoms with E-state index < -0.39 is 47.5 Å². The lowest BCUT2D eigenvalue weighted by Gasteiger charge is -2.28. The Labute approximate surface area is 339 Å². The van der Waals surface area contributed by atoms with Crippen molar-refractivity contribution in [2.24, 2.45) is 0 Å². The van der Waals surface area contributed by atoms with Crippen LogP contribution in [0.2, 0.25) is 0 Å². The fraction of sp³-hybridized carbons (Fsp3) is 0.286. The third kappa shape index (κ3) is 12.4. The molecule has 2 unspecified atom stereocenters. The fourth-order valence-corrected chi connectivity index (χ4v) is 6.91. The third-order valence-electron chi connectivity index (χ3n) is 9.29. The molecule has 0 bridgehead atoms. The van der Waals surface area contributed by atoms with E-state index in [4.69, 9.17) is 20.4 Å². The van der Waals surface area contributed by atoms with Gasteiger partial charge in [0.1, 0.15) is 6.54 Å². The number of carboxylic acids is 2. The number of aliphatic hydroxyl groups is 2. The van der Waals surface area contributed by atoms with Crippen molar-refractivity contribution in [3.8, 4) is 11.1 Å². The van der Waals surface area contributed by atoms with Crippen molar-refractivity contribution in [3.63, 3.8) is 0 Å². The Hall–Kier alpha value is -5.62. The van der Waals surface area contributed by atoms with Crippen molar-refractivity contribution in [3.05, 3.63) is 136 Å². The Bertz CT molecular complexity index is 2270. The van der Waals surface area contributed by atoms with Gasteiger partial charge in [0, 0.05) is 42.4 Å². The van der Waals surface area contributed by atoms with Crippen LogP contribution in [0.25, 0.3) is 22.0 Å². The summed E-state index contributed by atoms with van der Waals surface area (Å²) in [5.74, 6) is -5.60. The lowest BCUT2D eigenvalue weighted by molar-refractivity contribution is -0.165. The van der Waals surface area contributed by atoms with Crippen LogP contribution >= 0.6 is 11.8 Å². The zero-order valence-electron chi connectivity index (χ0n) is 31.9. The zero-order valence-corrected chi connectivity index (χ0v) is 32.7. The predicted octanol–water partition coefficient (Wildman–Crippen LogP) is 6.51. The van der Waals surface area contributed by atoms with Gasteiger partial charge in [-0.1, -0.05) is 74.5 Å². The molecule has 5 rings (SSSR count). The van der Waals surface area contributed by atoms with Gasteiger partial charge in [-0.25, -0.2) is 18.4 Å².